The van der Waals surface area contributed by atoms with Crippen molar-refractivity contribution in [1.29, 1.82) is 5.26 Å². The number of nitriles is 1. The number of benzene rings is 1. The lowest BCUT2D eigenvalue weighted by Gasteiger charge is -2.04. The number of hydrogen-bond donors (Lipinski definition) is 0. The highest BCUT2D eigenvalue weighted by molar-refractivity contribution is 5.21. The summed E-state index contributed by atoms with van der Waals surface area (Å²) in [5, 5.41) is 8.31. The maximum absolute atomic E-state index is 12.5. The van der Waals surface area contributed by atoms with Gasteiger partial charge in [-0.25, -0.2) is 4.39 Å². The van der Waals surface area contributed by atoms with Gasteiger partial charge in [-0.2, -0.15) is 5.26 Å². The molecular weight excluding hydrogens is 193 g/mol. The molecule has 1 rings (SSSR count). The quantitative estimate of drug-likeness (QED) is 0.670. The molecule has 0 aliphatic heterocycles. The van der Waals surface area contributed by atoms with Crippen LogP contribution in [-0.4, -0.2) is 6.61 Å². The third-order valence-corrected chi connectivity index (χ3v) is 2.02. The fourth-order valence-corrected chi connectivity index (χ4v) is 1.20. The zero-order valence-corrected chi connectivity index (χ0v) is 8.58. The molecular formula is C12H14FNO. The van der Waals surface area contributed by atoms with E-state index in [0.29, 0.717) is 18.8 Å². The molecule has 0 unspecified atom stereocenters. The van der Waals surface area contributed by atoms with Gasteiger partial charge in [0.15, 0.2) is 0 Å². The second kappa shape index (κ2) is 6.83. The highest BCUT2D eigenvalue weighted by Gasteiger charge is 1.94. The van der Waals surface area contributed by atoms with Gasteiger partial charge in [0.2, 0.25) is 0 Å². The van der Waals surface area contributed by atoms with Gasteiger partial charge < -0.3 is 4.74 Å². The number of halogens is 1. The van der Waals surface area contributed by atoms with Gasteiger partial charge in [0.05, 0.1) is 12.7 Å². The molecule has 0 amide bonds. The average molecular weight is 207 g/mol. The molecule has 80 valence electrons. The van der Waals surface area contributed by atoms with Crippen molar-refractivity contribution in [3.8, 4) is 11.8 Å². The Labute approximate surface area is 89.3 Å². The minimum absolute atomic E-state index is 0.253. The standard InChI is InChI=1S/C12H14FNO/c13-11-5-7-12(8-6-11)15-10-4-2-1-3-9-14/h5-8H,1-4,10H2. The largest absolute Gasteiger partial charge is 0.494 e. The molecule has 0 spiro atoms. The first-order chi connectivity index (χ1) is 7.33. The van der Waals surface area contributed by atoms with Crippen molar-refractivity contribution < 1.29 is 9.13 Å². The summed E-state index contributed by atoms with van der Waals surface area (Å²) < 4.78 is 17.9. The molecule has 1 aromatic carbocycles. The molecule has 0 saturated heterocycles. The summed E-state index contributed by atoms with van der Waals surface area (Å²) in [6, 6.07) is 8.09. The first-order valence-corrected chi connectivity index (χ1v) is 5.08. The number of ether oxygens (including phenoxy) is 1. The summed E-state index contributed by atoms with van der Waals surface area (Å²) in [6.07, 6.45) is 3.45. The Hall–Kier alpha value is -1.56. The molecule has 1 aromatic rings. The lowest BCUT2D eigenvalue weighted by molar-refractivity contribution is 0.305. The van der Waals surface area contributed by atoms with Crippen molar-refractivity contribution in [2.45, 2.75) is 25.7 Å². The van der Waals surface area contributed by atoms with E-state index in [-0.39, 0.29) is 5.82 Å². The SMILES string of the molecule is N#CCCCCCOc1ccc(F)cc1. The Bertz CT molecular complexity index is 315. The van der Waals surface area contributed by atoms with Gasteiger partial charge in [-0.05, 0) is 43.5 Å². The predicted octanol–water partition coefficient (Wildman–Crippen LogP) is 3.29. The minimum atomic E-state index is -0.253. The Kier molecular flexibility index (Phi) is 5.24. The minimum Gasteiger partial charge on any atom is -0.494 e. The van der Waals surface area contributed by atoms with Crippen molar-refractivity contribution in [3.05, 3.63) is 30.1 Å². The van der Waals surface area contributed by atoms with Crippen LogP contribution in [-0.2, 0) is 0 Å². The molecule has 2 nitrogen and oxygen atoms in total. The van der Waals surface area contributed by atoms with Crippen molar-refractivity contribution in [3.63, 3.8) is 0 Å². The third-order valence-electron chi connectivity index (χ3n) is 2.02. The first kappa shape index (κ1) is 11.5. The Morgan fingerprint density at radius 2 is 1.87 bits per heavy atom. The smallest absolute Gasteiger partial charge is 0.123 e. The van der Waals surface area contributed by atoms with E-state index >= 15 is 0 Å². The van der Waals surface area contributed by atoms with E-state index in [1.165, 1.54) is 12.1 Å². The predicted molar refractivity (Wildman–Crippen MR) is 56.0 cm³/mol. The molecule has 15 heavy (non-hydrogen) atoms. The maximum atomic E-state index is 12.5. The van der Waals surface area contributed by atoms with Crippen LogP contribution in [0.5, 0.6) is 5.75 Å². The molecule has 0 aromatic heterocycles. The van der Waals surface area contributed by atoms with Crippen LogP contribution in [0.1, 0.15) is 25.7 Å². The van der Waals surface area contributed by atoms with Gasteiger partial charge in [-0.3, -0.25) is 0 Å². The highest BCUT2D eigenvalue weighted by Crippen LogP contribution is 2.11. The summed E-state index contributed by atoms with van der Waals surface area (Å²) in [5.74, 6) is 0.438. The summed E-state index contributed by atoms with van der Waals surface area (Å²) in [6.45, 7) is 0.622. The van der Waals surface area contributed by atoms with Crippen molar-refractivity contribution in [1.82, 2.24) is 0 Å². The zero-order valence-electron chi connectivity index (χ0n) is 8.58. The summed E-state index contributed by atoms with van der Waals surface area (Å²) in [7, 11) is 0. The van der Waals surface area contributed by atoms with Gasteiger partial charge in [0.25, 0.3) is 0 Å². The fraction of sp³-hybridized carbons (Fsp3) is 0.417. The molecule has 0 bridgehead atoms. The molecule has 0 aliphatic rings. The van der Waals surface area contributed by atoms with Crippen LogP contribution in [0.4, 0.5) is 4.39 Å². The van der Waals surface area contributed by atoms with Crippen molar-refractivity contribution in [2.24, 2.45) is 0 Å². The molecule has 0 radical (unpaired) electrons. The molecule has 0 N–H and O–H groups in total. The van der Waals surface area contributed by atoms with E-state index in [0.717, 1.165) is 19.3 Å². The second-order valence-electron chi connectivity index (χ2n) is 3.27. The summed E-state index contributed by atoms with van der Waals surface area (Å²) in [5.41, 5.74) is 0. The van der Waals surface area contributed by atoms with Crippen LogP contribution < -0.4 is 4.74 Å². The summed E-state index contributed by atoms with van der Waals surface area (Å²) >= 11 is 0. The van der Waals surface area contributed by atoms with Gasteiger partial charge >= 0.3 is 0 Å². The van der Waals surface area contributed by atoms with Crippen LogP contribution in [0.25, 0.3) is 0 Å². The van der Waals surface area contributed by atoms with Crippen molar-refractivity contribution >= 4 is 0 Å². The molecule has 0 atom stereocenters. The van der Waals surface area contributed by atoms with Gasteiger partial charge in [0.1, 0.15) is 11.6 Å². The maximum Gasteiger partial charge on any atom is 0.123 e. The van der Waals surface area contributed by atoms with Crippen LogP contribution in [0.2, 0.25) is 0 Å². The van der Waals surface area contributed by atoms with E-state index < -0.39 is 0 Å². The zero-order chi connectivity index (χ0) is 10.9. The molecule has 0 aliphatic carbocycles. The van der Waals surface area contributed by atoms with E-state index in [2.05, 4.69) is 6.07 Å². The molecule has 0 heterocycles. The van der Waals surface area contributed by atoms with Gasteiger partial charge in [-0.1, -0.05) is 0 Å². The van der Waals surface area contributed by atoms with E-state index in [9.17, 15) is 4.39 Å². The molecule has 0 saturated carbocycles. The van der Waals surface area contributed by atoms with Gasteiger partial charge in [0, 0.05) is 6.42 Å². The lowest BCUT2D eigenvalue weighted by Crippen LogP contribution is -1.97. The molecule has 0 fully saturated rings. The highest BCUT2D eigenvalue weighted by atomic mass is 19.1. The lowest BCUT2D eigenvalue weighted by atomic mass is 10.2. The summed E-state index contributed by atoms with van der Waals surface area (Å²) in [4.78, 5) is 0. The third kappa shape index (κ3) is 5.02. The second-order valence-corrected chi connectivity index (χ2v) is 3.27. The van der Waals surface area contributed by atoms with E-state index in [1.54, 1.807) is 12.1 Å². The Morgan fingerprint density at radius 1 is 1.13 bits per heavy atom. The molecule has 3 heteroatoms. The van der Waals surface area contributed by atoms with E-state index in [4.69, 9.17) is 10.00 Å². The normalized spacial score (nSPS) is 9.60. The average Bonchev–Trinajstić information content (AvgIpc) is 2.26. The van der Waals surface area contributed by atoms with Crippen LogP contribution in [0.15, 0.2) is 24.3 Å². The van der Waals surface area contributed by atoms with Crippen molar-refractivity contribution in [2.75, 3.05) is 6.61 Å². The van der Waals surface area contributed by atoms with Crippen LogP contribution in [0, 0.1) is 17.1 Å². The van der Waals surface area contributed by atoms with Crippen LogP contribution in [0.3, 0.4) is 0 Å². The van der Waals surface area contributed by atoms with E-state index in [1.807, 2.05) is 0 Å². The fourth-order valence-electron chi connectivity index (χ4n) is 1.20. The Morgan fingerprint density at radius 3 is 2.53 bits per heavy atom. The van der Waals surface area contributed by atoms with Crippen LogP contribution >= 0.6 is 0 Å². The Balaban J connectivity index is 2.10. The monoisotopic (exact) mass is 207 g/mol. The number of nitrogens with zero attached hydrogens (tertiary/aromatic N) is 1. The topological polar surface area (TPSA) is 33.0 Å². The first-order valence-electron chi connectivity index (χ1n) is 5.08. The number of hydrogen-bond acceptors (Lipinski definition) is 2. The number of rotatable bonds is 6. The number of unbranched alkanes of at least 4 members (excludes halogenated alkanes) is 3. The van der Waals surface area contributed by atoms with Gasteiger partial charge in [-0.15, -0.1) is 0 Å².